The quantitative estimate of drug-likeness (QED) is 0.609. The fourth-order valence-electron chi connectivity index (χ4n) is 3.96. The number of aromatic nitrogens is 2. The van der Waals surface area contributed by atoms with Crippen molar-refractivity contribution in [3.8, 4) is 0 Å². The minimum atomic E-state index is -2.67. The van der Waals surface area contributed by atoms with Gasteiger partial charge in [-0.05, 0) is 37.5 Å². The van der Waals surface area contributed by atoms with E-state index >= 15 is 0 Å². The molecule has 0 amide bonds. The number of aryl methyl sites for hydroxylation is 1. The highest BCUT2D eigenvalue weighted by Gasteiger charge is 2.38. The van der Waals surface area contributed by atoms with Gasteiger partial charge in [-0.3, -0.25) is 9.69 Å². The molecule has 1 saturated heterocycles. The monoisotopic (exact) mass is 437 g/mol. The molecule has 2 aromatic heterocycles. The summed E-state index contributed by atoms with van der Waals surface area (Å²) >= 11 is 3.54. The van der Waals surface area contributed by atoms with Crippen molar-refractivity contribution in [3.63, 3.8) is 0 Å². The number of fused-ring (bicyclic) bond motifs is 3. The molecule has 1 aliphatic carbocycles. The fourth-order valence-corrected chi connectivity index (χ4v) is 4.28. The number of nitrogens with zero attached hydrogens (tertiary/aromatic N) is 3. The Bertz CT molecular complexity index is 1130. The second kappa shape index (κ2) is 5.85. The first-order valence-corrected chi connectivity index (χ1v) is 9.86. The number of benzene rings is 1. The second-order valence-corrected chi connectivity index (χ2v) is 8.43. The van der Waals surface area contributed by atoms with Crippen LogP contribution in [-0.4, -0.2) is 33.5 Å². The van der Waals surface area contributed by atoms with E-state index in [0.717, 1.165) is 33.8 Å². The summed E-state index contributed by atoms with van der Waals surface area (Å²) in [7, 11) is 0. The third-order valence-corrected chi connectivity index (χ3v) is 6.32. The number of rotatable bonds is 3. The summed E-state index contributed by atoms with van der Waals surface area (Å²) in [4.78, 5) is 19.2. The molecule has 2 aliphatic rings. The molecule has 0 N–H and O–H groups in total. The van der Waals surface area contributed by atoms with E-state index in [1.165, 1.54) is 0 Å². The van der Waals surface area contributed by atoms with Crippen LogP contribution < -0.4 is 5.56 Å². The average molecular weight is 438 g/mol. The van der Waals surface area contributed by atoms with Crippen molar-refractivity contribution in [2.75, 3.05) is 13.1 Å². The Morgan fingerprint density at radius 3 is 2.81 bits per heavy atom. The van der Waals surface area contributed by atoms with E-state index in [1.54, 1.807) is 4.90 Å². The molecular formula is C19H18BrF2N3O2. The Morgan fingerprint density at radius 2 is 2.15 bits per heavy atom. The van der Waals surface area contributed by atoms with Crippen molar-refractivity contribution < 1.29 is 13.2 Å². The highest BCUT2D eigenvalue weighted by Crippen LogP contribution is 2.39. The topological polar surface area (TPSA) is 51.3 Å². The van der Waals surface area contributed by atoms with Crippen LogP contribution in [0.4, 0.5) is 8.78 Å². The normalized spacial score (nSPS) is 20.1. The lowest BCUT2D eigenvalue weighted by Crippen LogP contribution is -2.25. The van der Waals surface area contributed by atoms with E-state index in [2.05, 4.69) is 20.9 Å². The summed E-state index contributed by atoms with van der Waals surface area (Å²) in [6.07, 6.45) is 1.79. The number of hydrogen-bond donors (Lipinski definition) is 0. The molecule has 0 radical (unpaired) electrons. The van der Waals surface area contributed by atoms with Crippen LogP contribution in [0.2, 0.25) is 0 Å². The van der Waals surface area contributed by atoms with Crippen LogP contribution in [-0.2, 0) is 6.54 Å². The maximum Gasteiger partial charge on any atom is 0.281 e. The molecule has 142 valence electrons. The van der Waals surface area contributed by atoms with Crippen LogP contribution in [0, 0.1) is 6.92 Å². The Morgan fingerprint density at radius 1 is 1.37 bits per heavy atom. The maximum absolute atomic E-state index is 13.5. The van der Waals surface area contributed by atoms with Crippen LogP contribution >= 0.6 is 15.9 Å². The van der Waals surface area contributed by atoms with Gasteiger partial charge in [-0.15, -0.1) is 0 Å². The van der Waals surface area contributed by atoms with Crippen molar-refractivity contribution in [2.45, 2.75) is 44.7 Å². The number of halogens is 3. The number of hydrogen-bond acceptors (Lipinski definition) is 4. The predicted molar refractivity (Wildman–Crippen MR) is 101 cm³/mol. The molecule has 1 aromatic carbocycles. The van der Waals surface area contributed by atoms with Crippen LogP contribution in [0.3, 0.4) is 0 Å². The lowest BCUT2D eigenvalue weighted by molar-refractivity contribution is 0.0109. The first-order chi connectivity index (χ1) is 12.8. The SMILES string of the molecule is Cc1c(Br)ccc2c3oc(CN4CCC(F)(F)C4)nc3c(=O)n(C3CC3)c12. The highest BCUT2D eigenvalue weighted by atomic mass is 79.9. The van der Waals surface area contributed by atoms with Crippen LogP contribution in [0.15, 0.2) is 25.8 Å². The molecule has 0 bridgehead atoms. The van der Waals surface area contributed by atoms with Crippen molar-refractivity contribution in [3.05, 3.63) is 38.4 Å². The molecule has 0 atom stereocenters. The standard InChI is InChI=1S/C19H18BrF2N3O2/c1-10-13(20)5-4-12-16(10)25(11-2-3-11)18(26)15-17(12)27-14(23-15)8-24-7-6-19(21,22)9-24/h4-5,11H,2-3,6-9H2,1H3. The lowest BCUT2D eigenvalue weighted by Gasteiger charge is -2.13. The zero-order chi connectivity index (χ0) is 18.9. The summed E-state index contributed by atoms with van der Waals surface area (Å²) < 4.78 is 35.6. The number of oxazole rings is 1. The third kappa shape index (κ3) is 2.81. The van der Waals surface area contributed by atoms with Gasteiger partial charge >= 0.3 is 0 Å². The van der Waals surface area contributed by atoms with Gasteiger partial charge in [0.25, 0.3) is 11.5 Å². The molecule has 0 unspecified atom stereocenters. The zero-order valence-electron chi connectivity index (χ0n) is 14.8. The fraction of sp³-hybridized carbons (Fsp3) is 0.474. The molecule has 5 nitrogen and oxygen atoms in total. The molecule has 3 heterocycles. The van der Waals surface area contributed by atoms with E-state index in [1.807, 2.05) is 23.6 Å². The molecule has 1 saturated carbocycles. The average Bonchev–Trinajstić information content (AvgIpc) is 3.26. The van der Waals surface area contributed by atoms with Crippen molar-refractivity contribution >= 4 is 37.9 Å². The van der Waals surface area contributed by atoms with Gasteiger partial charge in [0, 0.05) is 28.9 Å². The lowest BCUT2D eigenvalue weighted by atomic mass is 10.1. The largest absolute Gasteiger partial charge is 0.438 e. The van der Waals surface area contributed by atoms with Gasteiger partial charge < -0.3 is 8.98 Å². The number of likely N-dealkylation sites (tertiary alicyclic amines) is 1. The molecule has 3 aromatic rings. The van der Waals surface area contributed by atoms with Crippen molar-refractivity contribution in [1.29, 1.82) is 0 Å². The van der Waals surface area contributed by atoms with E-state index in [0.29, 0.717) is 18.0 Å². The molecule has 5 rings (SSSR count). The van der Waals surface area contributed by atoms with E-state index in [4.69, 9.17) is 4.42 Å². The Kier molecular flexibility index (Phi) is 3.75. The number of pyridine rings is 1. The Balaban J connectivity index is 1.68. The van der Waals surface area contributed by atoms with Gasteiger partial charge in [-0.1, -0.05) is 15.9 Å². The zero-order valence-corrected chi connectivity index (χ0v) is 16.4. The molecule has 1 aliphatic heterocycles. The highest BCUT2D eigenvalue weighted by molar-refractivity contribution is 9.10. The van der Waals surface area contributed by atoms with Gasteiger partial charge in [0.05, 0.1) is 18.6 Å². The van der Waals surface area contributed by atoms with Crippen molar-refractivity contribution in [1.82, 2.24) is 14.5 Å². The van der Waals surface area contributed by atoms with Gasteiger partial charge in [0.15, 0.2) is 11.1 Å². The third-order valence-electron chi connectivity index (χ3n) is 5.46. The first-order valence-electron chi connectivity index (χ1n) is 9.07. The van der Waals surface area contributed by atoms with Gasteiger partial charge in [-0.2, -0.15) is 0 Å². The van der Waals surface area contributed by atoms with Gasteiger partial charge in [-0.25, -0.2) is 13.8 Å². The smallest absolute Gasteiger partial charge is 0.281 e. The number of alkyl halides is 2. The minimum absolute atomic E-state index is 0.155. The van der Waals surface area contributed by atoms with Crippen LogP contribution in [0.25, 0.3) is 22.0 Å². The first kappa shape index (κ1) is 17.3. The minimum Gasteiger partial charge on any atom is -0.438 e. The van der Waals surface area contributed by atoms with Crippen LogP contribution in [0.5, 0.6) is 0 Å². The summed E-state index contributed by atoms with van der Waals surface area (Å²) in [5, 5.41) is 0.836. The van der Waals surface area contributed by atoms with Crippen molar-refractivity contribution in [2.24, 2.45) is 0 Å². The second-order valence-electron chi connectivity index (χ2n) is 7.58. The van der Waals surface area contributed by atoms with Crippen LogP contribution in [0.1, 0.15) is 36.8 Å². The Labute approximate surface area is 162 Å². The Hall–Kier alpha value is -1.80. The van der Waals surface area contributed by atoms with E-state index < -0.39 is 5.92 Å². The summed E-state index contributed by atoms with van der Waals surface area (Å²) in [5.74, 6) is -2.35. The maximum atomic E-state index is 13.5. The summed E-state index contributed by atoms with van der Waals surface area (Å²) in [5.41, 5.74) is 2.42. The predicted octanol–water partition coefficient (Wildman–Crippen LogP) is 4.39. The molecule has 2 fully saturated rings. The molecule has 27 heavy (non-hydrogen) atoms. The molecular weight excluding hydrogens is 420 g/mol. The van der Waals surface area contributed by atoms with E-state index in [-0.39, 0.29) is 36.6 Å². The molecule has 0 spiro atoms. The van der Waals surface area contributed by atoms with Gasteiger partial charge in [0.2, 0.25) is 5.89 Å². The van der Waals surface area contributed by atoms with Gasteiger partial charge in [0.1, 0.15) is 0 Å². The molecule has 8 heteroatoms. The summed E-state index contributed by atoms with van der Waals surface area (Å²) in [6, 6.07) is 4.04. The summed E-state index contributed by atoms with van der Waals surface area (Å²) in [6.45, 7) is 2.15. The van der Waals surface area contributed by atoms with E-state index in [9.17, 15) is 13.6 Å².